The van der Waals surface area contributed by atoms with E-state index in [4.69, 9.17) is 9.47 Å². The quantitative estimate of drug-likeness (QED) is 0.724. The molecule has 2 rings (SSSR count). The molecule has 0 bridgehead atoms. The van der Waals surface area contributed by atoms with E-state index in [1.54, 1.807) is 0 Å². The first-order valence-corrected chi connectivity index (χ1v) is 4.69. The van der Waals surface area contributed by atoms with Crippen LogP contribution in [0, 0.1) is 0 Å². The van der Waals surface area contributed by atoms with Crippen LogP contribution in [0.5, 0.6) is 5.75 Å². The van der Waals surface area contributed by atoms with Gasteiger partial charge in [-0.15, -0.1) is 0 Å². The monoisotopic (exact) mass is 190 g/mol. The van der Waals surface area contributed by atoms with E-state index in [2.05, 4.69) is 11.4 Å². The van der Waals surface area contributed by atoms with Crippen LogP contribution in [0.1, 0.15) is 6.42 Å². The molecule has 1 aromatic rings. The van der Waals surface area contributed by atoms with Crippen molar-refractivity contribution in [3.63, 3.8) is 0 Å². The molecule has 0 aromatic heterocycles. The Labute approximate surface area is 83.4 Å². The Morgan fingerprint density at radius 1 is 1.43 bits per heavy atom. The lowest BCUT2D eigenvalue weighted by Gasteiger charge is -2.07. The van der Waals surface area contributed by atoms with Crippen LogP contribution in [-0.2, 0) is 4.74 Å². The first kappa shape index (κ1) is 9.06. The Kier molecular flexibility index (Phi) is 3.01. The molecular weight excluding hydrogens is 178 g/mol. The van der Waals surface area contributed by atoms with E-state index in [0.29, 0.717) is 13.2 Å². The van der Waals surface area contributed by atoms with Crippen LogP contribution >= 0.6 is 0 Å². The second-order valence-electron chi connectivity index (χ2n) is 3.14. The zero-order valence-corrected chi connectivity index (χ0v) is 7.85. The normalized spacial score (nSPS) is 19.3. The zero-order valence-electron chi connectivity index (χ0n) is 7.85. The van der Waals surface area contributed by atoms with E-state index in [1.807, 2.05) is 30.3 Å². The summed E-state index contributed by atoms with van der Waals surface area (Å²) in [6.07, 6.45) is 3.37. The van der Waals surface area contributed by atoms with E-state index in [0.717, 1.165) is 12.2 Å². The fourth-order valence-electron chi connectivity index (χ4n) is 1.26. The molecule has 1 aliphatic heterocycles. The summed E-state index contributed by atoms with van der Waals surface area (Å²) in [5.74, 6) is 0.902. The fraction of sp³-hybridized carbons (Fsp3) is 0.364. The summed E-state index contributed by atoms with van der Waals surface area (Å²) in [6.45, 7) is 1.31. The summed E-state index contributed by atoms with van der Waals surface area (Å²) in [7, 11) is 0. The molecule has 14 heavy (non-hydrogen) atoms. The summed E-state index contributed by atoms with van der Waals surface area (Å²) >= 11 is 0. The van der Waals surface area contributed by atoms with Gasteiger partial charge in [0.15, 0.2) is 0 Å². The van der Waals surface area contributed by atoms with E-state index >= 15 is 0 Å². The highest BCUT2D eigenvalue weighted by Gasteiger charge is 2.11. The number of benzene rings is 1. The van der Waals surface area contributed by atoms with E-state index in [-0.39, 0.29) is 6.04 Å². The van der Waals surface area contributed by atoms with Crippen molar-refractivity contribution in [3.05, 3.63) is 30.3 Å². The van der Waals surface area contributed by atoms with Crippen molar-refractivity contribution in [2.24, 2.45) is 4.99 Å². The Balaban J connectivity index is 1.70. The lowest BCUT2D eigenvalue weighted by atomic mass is 10.2. The van der Waals surface area contributed by atoms with Crippen LogP contribution in [0.15, 0.2) is 35.3 Å². The van der Waals surface area contributed by atoms with Gasteiger partial charge in [0, 0.05) is 6.42 Å². The Morgan fingerprint density at radius 2 is 2.29 bits per heavy atom. The number of hydrogen-bond donors (Lipinski definition) is 0. The van der Waals surface area contributed by atoms with Gasteiger partial charge in [0.2, 0.25) is 0 Å². The molecule has 73 valence electrons. The van der Waals surface area contributed by atoms with Gasteiger partial charge >= 0.3 is 0 Å². The molecule has 0 spiro atoms. The molecular formula is C11H12NO2. The lowest BCUT2D eigenvalue weighted by molar-refractivity contribution is 0.268. The van der Waals surface area contributed by atoms with Crippen molar-refractivity contribution in [3.8, 4) is 5.75 Å². The molecule has 0 aliphatic carbocycles. The van der Waals surface area contributed by atoms with Gasteiger partial charge in [-0.1, -0.05) is 18.2 Å². The number of aliphatic imine (C=N–C) groups is 1. The number of nitrogens with zero attached hydrogens (tertiary/aromatic N) is 1. The van der Waals surface area contributed by atoms with Crippen molar-refractivity contribution in [2.45, 2.75) is 12.5 Å². The maximum Gasteiger partial charge on any atom is 0.273 e. The Hall–Kier alpha value is -1.51. The summed E-state index contributed by atoms with van der Waals surface area (Å²) in [5, 5.41) is 0. The van der Waals surface area contributed by atoms with Crippen LogP contribution in [0.4, 0.5) is 0 Å². The largest absolute Gasteiger partial charge is 0.494 e. The van der Waals surface area contributed by atoms with Crippen molar-refractivity contribution < 1.29 is 9.47 Å². The van der Waals surface area contributed by atoms with E-state index in [9.17, 15) is 0 Å². The van der Waals surface area contributed by atoms with Crippen molar-refractivity contribution >= 4 is 6.40 Å². The third-order valence-corrected chi connectivity index (χ3v) is 2.04. The molecule has 0 amide bonds. The highest BCUT2D eigenvalue weighted by atomic mass is 16.5. The van der Waals surface area contributed by atoms with Gasteiger partial charge in [0.05, 0.1) is 12.6 Å². The zero-order chi connectivity index (χ0) is 9.64. The number of ether oxygens (including phenoxy) is 2. The van der Waals surface area contributed by atoms with E-state index in [1.165, 1.54) is 0 Å². The highest BCUT2D eigenvalue weighted by molar-refractivity contribution is 5.48. The van der Waals surface area contributed by atoms with Gasteiger partial charge in [-0.25, -0.2) is 4.99 Å². The third kappa shape index (κ3) is 2.49. The first-order chi connectivity index (χ1) is 6.95. The second-order valence-corrected chi connectivity index (χ2v) is 3.14. The molecule has 1 atom stereocenters. The molecule has 1 heterocycles. The van der Waals surface area contributed by atoms with Crippen LogP contribution in [0.2, 0.25) is 0 Å². The molecule has 1 aromatic carbocycles. The molecule has 0 N–H and O–H groups in total. The average Bonchev–Trinajstić information content (AvgIpc) is 2.72. The van der Waals surface area contributed by atoms with Crippen molar-refractivity contribution in [1.82, 2.24) is 0 Å². The maximum atomic E-state index is 5.52. The number of hydrogen-bond acceptors (Lipinski definition) is 3. The molecule has 1 unspecified atom stereocenters. The van der Waals surface area contributed by atoms with Gasteiger partial charge in [-0.2, -0.15) is 0 Å². The predicted molar refractivity (Wildman–Crippen MR) is 53.7 cm³/mol. The summed E-state index contributed by atoms with van der Waals surface area (Å²) in [6, 6.07) is 10.00. The first-order valence-electron chi connectivity index (χ1n) is 4.69. The molecule has 0 fully saturated rings. The Morgan fingerprint density at radius 3 is 3.00 bits per heavy atom. The molecule has 1 radical (unpaired) electrons. The summed E-state index contributed by atoms with van der Waals surface area (Å²) in [5.41, 5.74) is 0. The van der Waals surface area contributed by atoms with Gasteiger partial charge in [0.1, 0.15) is 12.4 Å². The topological polar surface area (TPSA) is 30.8 Å². The van der Waals surface area contributed by atoms with Gasteiger partial charge < -0.3 is 9.47 Å². The highest BCUT2D eigenvalue weighted by Crippen LogP contribution is 2.10. The van der Waals surface area contributed by atoms with Crippen LogP contribution in [0.3, 0.4) is 0 Å². The van der Waals surface area contributed by atoms with Crippen LogP contribution in [0.25, 0.3) is 0 Å². The predicted octanol–water partition coefficient (Wildman–Crippen LogP) is 1.76. The molecule has 0 saturated heterocycles. The van der Waals surface area contributed by atoms with Crippen molar-refractivity contribution in [1.29, 1.82) is 0 Å². The van der Waals surface area contributed by atoms with Gasteiger partial charge in [0.25, 0.3) is 6.40 Å². The van der Waals surface area contributed by atoms with Crippen LogP contribution < -0.4 is 4.74 Å². The summed E-state index contributed by atoms with van der Waals surface area (Å²) < 4.78 is 10.4. The number of para-hydroxylation sites is 1. The molecule has 3 heteroatoms. The third-order valence-electron chi connectivity index (χ3n) is 2.04. The van der Waals surface area contributed by atoms with Crippen LogP contribution in [-0.4, -0.2) is 25.7 Å². The SMILES string of the molecule is [C]1=NC(CCOc2ccccc2)CO1. The Bertz CT molecular complexity index is 297. The maximum absolute atomic E-state index is 5.52. The van der Waals surface area contributed by atoms with E-state index < -0.39 is 0 Å². The average molecular weight is 190 g/mol. The minimum absolute atomic E-state index is 0.221. The molecule has 0 saturated carbocycles. The summed E-state index contributed by atoms with van der Waals surface area (Å²) in [4.78, 5) is 4.01. The minimum Gasteiger partial charge on any atom is -0.494 e. The lowest BCUT2D eigenvalue weighted by Crippen LogP contribution is -2.11. The fourth-order valence-corrected chi connectivity index (χ4v) is 1.26. The minimum atomic E-state index is 0.221. The second kappa shape index (κ2) is 4.65. The van der Waals surface area contributed by atoms with Gasteiger partial charge in [-0.05, 0) is 12.1 Å². The van der Waals surface area contributed by atoms with Crippen molar-refractivity contribution in [2.75, 3.05) is 13.2 Å². The molecule has 3 nitrogen and oxygen atoms in total. The smallest absolute Gasteiger partial charge is 0.273 e. The number of rotatable bonds is 4. The van der Waals surface area contributed by atoms with Gasteiger partial charge in [-0.3, -0.25) is 0 Å². The molecule has 1 aliphatic rings. The standard InChI is InChI=1S/C11H12NO2/c1-2-4-11(5-3-1)14-7-6-10-8-13-9-12-10/h1-5,10H,6-8H2.